The van der Waals surface area contributed by atoms with E-state index in [0.29, 0.717) is 48.2 Å². The molecule has 31 heavy (non-hydrogen) atoms. The van der Waals surface area contributed by atoms with Crippen LogP contribution < -0.4 is 0 Å². The van der Waals surface area contributed by atoms with Gasteiger partial charge in [0.1, 0.15) is 11.5 Å². The van der Waals surface area contributed by atoms with Crippen LogP contribution in [0.5, 0.6) is 5.75 Å². The Hall–Kier alpha value is -2.30. The van der Waals surface area contributed by atoms with E-state index in [2.05, 4.69) is 6.92 Å². The smallest absolute Gasteiger partial charge is 0.194 e. The summed E-state index contributed by atoms with van der Waals surface area (Å²) < 4.78 is 40.6. The molecule has 0 spiro atoms. The summed E-state index contributed by atoms with van der Waals surface area (Å²) in [5.74, 6) is -1.95. The number of phenols is 1. The second-order valence-electron chi connectivity index (χ2n) is 9.97. The van der Waals surface area contributed by atoms with Crippen LogP contribution in [-0.4, -0.2) is 10.9 Å². The molecule has 0 bridgehead atoms. The topological polar surface area (TPSA) is 37.3 Å². The first-order chi connectivity index (χ1) is 14.8. The molecule has 0 radical (unpaired) electrons. The molecule has 5 rings (SSSR count). The lowest BCUT2D eigenvalue weighted by atomic mass is 9.54. The van der Waals surface area contributed by atoms with Gasteiger partial charge in [-0.2, -0.15) is 0 Å². The van der Waals surface area contributed by atoms with Crippen LogP contribution in [-0.2, 0) is 17.6 Å². The molecular formula is C26H27F3O2. The first-order valence-corrected chi connectivity index (χ1v) is 11.3. The lowest BCUT2D eigenvalue weighted by molar-refractivity contribution is -0.129. The van der Waals surface area contributed by atoms with E-state index in [1.165, 1.54) is 11.1 Å². The maximum atomic E-state index is 13.6. The second-order valence-corrected chi connectivity index (χ2v) is 9.97. The van der Waals surface area contributed by atoms with Crippen molar-refractivity contribution in [1.82, 2.24) is 0 Å². The van der Waals surface area contributed by atoms with Crippen molar-refractivity contribution in [2.75, 3.05) is 0 Å². The van der Waals surface area contributed by atoms with Gasteiger partial charge in [-0.15, -0.1) is 0 Å². The van der Waals surface area contributed by atoms with E-state index in [1.54, 1.807) is 6.07 Å². The number of carbonyl (C=O) groups is 1. The molecule has 0 saturated heterocycles. The molecule has 164 valence electrons. The fourth-order valence-electron chi connectivity index (χ4n) is 7.00. The van der Waals surface area contributed by atoms with Gasteiger partial charge in [0.25, 0.3) is 0 Å². The summed E-state index contributed by atoms with van der Waals surface area (Å²) in [5.41, 5.74) is 2.62. The van der Waals surface area contributed by atoms with Crippen LogP contribution in [0.1, 0.15) is 61.6 Å². The van der Waals surface area contributed by atoms with Crippen molar-refractivity contribution in [3.8, 4) is 5.75 Å². The quantitative estimate of drug-likeness (QED) is 0.601. The van der Waals surface area contributed by atoms with Crippen molar-refractivity contribution >= 4 is 5.78 Å². The normalized spacial score (nSPS) is 31.8. The van der Waals surface area contributed by atoms with Crippen molar-refractivity contribution < 1.29 is 23.1 Å². The zero-order valence-electron chi connectivity index (χ0n) is 17.6. The van der Waals surface area contributed by atoms with E-state index in [4.69, 9.17) is 0 Å². The van der Waals surface area contributed by atoms with E-state index in [1.807, 2.05) is 12.1 Å². The van der Waals surface area contributed by atoms with E-state index < -0.39 is 17.5 Å². The molecule has 5 heteroatoms. The van der Waals surface area contributed by atoms with Gasteiger partial charge in [-0.1, -0.05) is 13.0 Å². The summed E-state index contributed by atoms with van der Waals surface area (Å²) in [6.07, 6.45) is 5.33. The Balaban J connectivity index is 1.41. The second kappa shape index (κ2) is 7.39. The molecule has 2 nitrogen and oxygen atoms in total. The Morgan fingerprint density at radius 1 is 1.10 bits per heavy atom. The van der Waals surface area contributed by atoms with Crippen molar-refractivity contribution in [3.63, 3.8) is 0 Å². The molecule has 2 aromatic rings. The summed E-state index contributed by atoms with van der Waals surface area (Å²) in [4.78, 5) is 13.1. The summed E-state index contributed by atoms with van der Waals surface area (Å²) in [6.45, 7) is 2.11. The Bertz CT molecular complexity index is 1030. The molecule has 0 amide bonds. The first kappa shape index (κ1) is 20.6. The average Bonchev–Trinajstić information content (AvgIpc) is 3.00. The van der Waals surface area contributed by atoms with Gasteiger partial charge in [0.15, 0.2) is 17.5 Å². The molecule has 2 saturated carbocycles. The van der Waals surface area contributed by atoms with E-state index in [-0.39, 0.29) is 17.3 Å². The molecule has 5 atom stereocenters. The largest absolute Gasteiger partial charge is 0.508 e. The highest BCUT2D eigenvalue weighted by Crippen LogP contribution is 2.62. The van der Waals surface area contributed by atoms with Crippen LogP contribution in [0.3, 0.4) is 0 Å². The van der Waals surface area contributed by atoms with Crippen molar-refractivity contribution in [1.29, 1.82) is 0 Å². The molecule has 2 fully saturated rings. The lowest BCUT2D eigenvalue weighted by Gasteiger charge is -2.50. The van der Waals surface area contributed by atoms with E-state index in [0.717, 1.165) is 37.8 Å². The number of phenolic OH excluding ortho intramolecular Hbond substituents is 1. The van der Waals surface area contributed by atoms with Crippen molar-refractivity contribution in [2.24, 2.45) is 23.2 Å². The minimum Gasteiger partial charge on any atom is -0.508 e. The maximum absolute atomic E-state index is 13.6. The predicted octanol–water partition coefficient (Wildman–Crippen LogP) is 6.09. The van der Waals surface area contributed by atoms with Crippen LogP contribution in [0.25, 0.3) is 0 Å². The number of benzene rings is 2. The van der Waals surface area contributed by atoms with Crippen LogP contribution in [0, 0.1) is 40.6 Å². The number of ketones is 1. The van der Waals surface area contributed by atoms with Gasteiger partial charge in [-0.05, 0) is 103 Å². The Morgan fingerprint density at radius 2 is 1.84 bits per heavy atom. The molecule has 0 aliphatic heterocycles. The maximum Gasteiger partial charge on any atom is 0.194 e. The van der Waals surface area contributed by atoms with Crippen LogP contribution in [0.4, 0.5) is 13.2 Å². The predicted molar refractivity (Wildman–Crippen MR) is 111 cm³/mol. The number of rotatable bonds is 3. The molecular weight excluding hydrogens is 401 g/mol. The summed E-state index contributed by atoms with van der Waals surface area (Å²) in [5, 5.41) is 9.87. The van der Waals surface area contributed by atoms with E-state index in [9.17, 15) is 23.1 Å². The molecule has 1 N–H and O–H groups in total. The number of carbonyl (C=O) groups excluding carboxylic acids is 1. The zero-order valence-corrected chi connectivity index (χ0v) is 17.6. The van der Waals surface area contributed by atoms with Gasteiger partial charge < -0.3 is 5.11 Å². The highest BCUT2D eigenvalue weighted by atomic mass is 19.2. The fraction of sp³-hybridized carbons (Fsp3) is 0.500. The highest BCUT2D eigenvalue weighted by molar-refractivity contribution is 5.87. The van der Waals surface area contributed by atoms with Crippen LogP contribution in [0.2, 0.25) is 0 Å². The minimum atomic E-state index is -1.44. The standard InChI is InChI=1S/C26H27F3O2/c1-26-9-8-19-18-7-5-17(30)12-15(18)4-6-20(19)24(26)16(13-23(26)31)3-2-14-10-21(27)25(29)22(28)11-14/h5,7,10-12,16,19-20,24,30H,2-4,6,8-9,13H2,1H3/t16?,19-,20-,24+,26-/m1/s1. The van der Waals surface area contributed by atoms with Crippen molar-refractivity contribution in [3.05, 3.63) is 64.5 Å². The van der Waals surface area contributed by atoms with Gasteiger partial charge in [0.05, 0.1) is 0 Å². The third-order valence-corrected chi connectivity index (χ3v) is 8.40. The van der Waals surface area contributed by atoms with Gasteiger partial charge >= 0.3 is 0 Å². The molecule has 1 unspecified atom stereocenters. The molecule has 3 aliphatic rings. The third kappa shape index (κ3) is 3.28. The molecule has 2 aromatic carbocycles. The molecule has 0 heterocycles. The third-order valence-electron chi connectivity index (χ3n) is 8.40. The number of hydrogen-bond acceptors (Lipinski definition) is 2. The SMILES string of the molecule is C[C@]12CC[C@@H]3c4ccc(O)cc4CC[C@H]3[C@@H]1C(CCc1cc(F)c(F)c(F)c1)CC2=O. The van der Waals surface area contributed by atoms with Crippen LogP contribution in [0.15, 0.2) is 30.3 Å². The number of fused-ring (bicyclic) bond motifs is 5. The number of Topliss-reactive ketones (excluding diaryl/α,β-unsaturated/α-hetero) is 1. The Morgan fingerprint density at radius 3 is 2.58 bits per heavy atom. The number of aromatic hydroxyl groups is 1. The zero-order chi connectivity index (χ0) is 21.9. The van der Waals surface area contributed by atoms with Crippen molar-refractivity contribution in [2.45, 2.75) is 57.8 Å². The van der Waals surface area contributed by atoms with Gasteiger partial charge in [-0.25, -0.2) is 13.2 Å². The fourth-order valence-corrected chi connectivity index (χ4v) is 7.00. The van der Waals surface area contributed by atoms with Gasteiger partial charge in [0, 0.05) is 11.8 Å². The first-order valence-electron chi connectivity index (χ1n) is 11.3. The average molecular weight is 428 g/mol. The number of aryl methyl sites for hydroxylation is 2. The molecule has 0 aromatic heterocycles. The molecule has 3 aliphatic carbocycles. The lowest BCUT2D eigenvalue weighted by Crippen LogP contribution is -2.44. The van der Waals surface area contributed by atoms with E-state index >= 15 is 0 Å². The number of halogens is 3. The van der Waals surface area contributed by atoms with Crippen LogP contribution >= 0.6 is 0 Å². The Kier molecular flexibility index (Phi) is 4.91. The Labute approximate surface area is 180 Å². The van der Waals surface area contributed by atoms with Gasteiger partial charge in [0.2, 0.25) is 0 Å². The summed E-state index contributed by atoms with van der Waals surface area (Å²) in [6, 6.07) is 7.81. The summed E-state index contributed by atoms with van der Waals surface area (Å²) >= 11 is 0. The highest BCUT2D eigenvalue weighted by Gasteiger charge is 2.58. The number of hydrogen-bond donors (Lipinski definition) is 1. The summed E-state index contributed by atoms with van der Waals surface area (Å²) in [7, 11) is 0. The van der Waals surface area contributed by atoms with Gasteiger partial charge in [-0.3, -0.25) is 4.79 Å². The minimum absolute atomic E-state index is 0.167. The monoisotopic (exact) mass is 428 g/mol.